The molecule has 3 heterocycles. The monoisotopic (exact) mass is 962 g/mol. The van der Waals surface area contributed by atoms with Gasteiger partial charge >= 0.3 is 5.97 Å². The molecule has 2 fully saturated rings. The number of carbonyl (C=O) groups is 1. The molecule has 9 atom stereocenters. The van der Waals surface area contributed by atoms with Crippen molar-refractivity contribution in [2.24, 2.45) is 28.0 Å². The first kappa shape index (κ1) is 51.7. The van der Waals surface area contributed by atoms with Gasteiger partial charge in [0.25, 0.3) is 0 Å². The molecule has 2 spiro atoms. The van der Waals surface area contributed by atoms with E-state index in [2.05, 4.69) is 84.1 Å². The van der Waals surface area contributed by atoms with Crippen LogP contribution in [0.2, 0.25) is 0 Å². The van der Waals surface area contributed by atoms with E-state index in [9.17, 15) is 30.3 Å². The molecule has 0 amide bonds. The Bertz CT molecular complexity index is 2370. The molecule has 10 N–H and O–H groups in total. The van der Waals surface area contributed by atoms with Gasteiger partial charge in [0.2, 0.25) is 0 Å². The molecule has 70 heavy (non-hydrogen) atoms. The number of carbonyl (C=O) groups excluding carboxylic acids is 1. The molecule has 9 unspecified atom stereocenters. The third-order valence-corrected chi connectivity index (χ3v) is 16.5. The minimum Gasteiger partial charge on any atom is -0.504 e. The van der Waals surface area contributed by atoms with Crippen molar-refractivity contribution in [3.8, 4) is 23.3 Å². The first-order valence-corrected chi connectivity index (χ1v) is 26.2. The Hall–Kier alpha value is -4.68. The van der Waals surface area contributed by atoms with Crippen molar-refractivity contribution >= 4 is 11.9 Å². The lowest BCUT2D eigenvalue weighted by molar-refractivity contribution is -0.152. The molecule has 3 aromatic rings. The van der Waals surface area contributed by atoms with Crippen molar-refractivity contribution < 1.29 is 39.8 Å². The van der Waals surface area contributed by atoms with Gasteiger partial charge in [-0.2, -0.15) is 0 Å². The third-order valence-electron chi connectivity index (χ3n) is 16.5. The number of hydrogen-bond acceptors (Lipinski definition) is 13. The fraction of sp³-hybridized carbons (Fsp3) is 0.614. The first-order chi connectivity index (χ1) is 33.5. The van der Waals surface area contributed by atoms with Gasteiger partial charge in [0.15, 0.2) is 23.7 Å². The summed E-state index contributed by atoms with van der Waals surface area (Å²) in [6, 6.07) is 19.0. The zero-order valence-electron chi connectivity index (χ0n) is 41.9. The van der Waals surface area contributed by atoms with Crippen LogP contribution in [0.3, 0.4) is 0 Å². The topological polar surface area (TPSA) is 211 Å². The van der Waals surface area contributed by atoms with Crippen LogP contribution in [0.4, 0.5) is 0 Å². The fourth-order valence-corrected chi connectivity index (χ4v) is 12.8. The van der Waals surface area contributed by atoms with Gasteiger partial charge < -0.3 is 56.7 Å². The molecule has 8 rings (SSSR count). The average Bonchev–Trinajstić information content (AvgIpc) is 3.31. The summed E-state index contributed by atoms with van der Waals surface area (Å²) in [5.41, 5.74) is 12.1. The molecule has 3 aliphatic heterocycles. The summed E-state index contributed by atoms with van der Waals surface area (Å²) in [6.45, 7) is 9.63. The smallest absolute Gasteiger partial charge is 0.302 e. The third kappa shape index (κ3) is 12.3. The number of aliphatic hydroxyl groups is 4. The van der Waals surface area contributed by atoms with E-state index >= 15 is 0 Å². The van der Waals surface area contributed by atoms with Crippen LogP contribution in [-0.4, -0.2) is 99.1 Å². The molecule has 13 nitrogen and oxygen atoms in total. The minimum atomic E-state index is -1.91. The molecule has 5 aliphatic rings. The van der Waals surface area contributed by atoms with Crippen molar-refractivity contribution in [3.63, 3.8) is 0 Å². The van der Waals surface area contributed by atoms with E-state index in [1.54, 1.807) is 13.0 Å². The number of ether oxygens (including phenoxy) is 2. The Morgan fingerprint density at radius 3 is 2.50 bits per heavy atom. The number of aryl methyl sites for hydroxylation is 2. The van der Waals surface area contributed by atoms with E-state index in [1.807, 2.05) is 0 Å². The number of guanidine groups is 1. The van der Waals surface area contributed by atoms with Crippen LogP contribution in [0, 0.1) is 42.9 Å². The molecule has 2 aliphatic carbocycles. The van der Waals surface area contributed by atoms with Gasteiger partial charge in [0.05, 0.1) is 24.2 Å². The minimum absolute atomic E-state index is 0.0682. The molecule has 3 aromatic carbocycles. The summed E-state index contributed by atoms with van der Waals surface area (Å²) in [7, 11) is 0. The number of hydrogen-bond donors (Lipinski definition) is 9. The standard InChI is InChI=1S/C57H79N5O8/c1-36-24-37(2)26-41(25-36)28-49-43-11-8-10-40(27-43)15-22-59-35-56-17-9-12-42-13-20-55(38(3)63,34-60-54(58)62-57(49)18-6-5-7-19-57)21-14-45(65)31-51(69-39(4)64)47(42)29-44-30-52(50(66)32-48(44)53(67)68)70-46(33-56)16-23-61-56/h8,10-11,24-27,30,32,38,42,45-47,49,51,53,59,61,63,65-68H,5-7,9,12,14-19,21-23,28-29,31,33-35H2,1-4H3,(H3,58,60,62). The highest BCUT2D eigenvalue weighted by molar-refractivity contribution is 5.79. The van der Waals surface area contributed by atoms with Crippen LogP contribution in [0.25, 0.3) is 0 Å². The highest BCUT2D eigenvalue weighted by Crippen LogP contribution is 2.44. The molecular formula is C57H79N5O8. The summed E-state index contributed by atoms with van der Waals surface area (Å²) < 4.78 is 12.8. The number of nitrogens with two attached hydrogens (primary N) is 1. The first-order valence-electron chi connectivity index (χ1n) is 26.2. The molecule has 1 saturated heterocycles. The van der Waals surface area contributed by atoms with E-state index in [-0.39, 0.29) is 60.4 Å². The lowest BCUT2D eigenvalue weighted by Gasteiger charge is -2.45. The van der Waals surface area contributed by atoms with Gasteiger partial charge in [0, 0.05) is 60.7 Å². The van der Waals surface area contributed by atoms with Crippen LogP contribution in [-0.2, 0) is 28.8 Å². The number of rotatable bonds is 5. The molecule has 13 heteroatoms. The van der Waals surface area contributed by atoms with Crippen LogP contribution in [0.5, 0.6) is 11.5 Å². The summed E-state index contributed by atoms with van der Waals surface area (Å²) >= 11 is 0. The number of aliphatic hydroxyl groups excluding tert-OH is 3. The van der Waals surface area contributed by atoms with E-state index in [1.165, 1.54) is 40.8 Å². The largest absolute Gasteiger partial charge is 0.504 e. The quantitative estimate of drug-likeness (QED) is 0.0768. The van der Waals surface area contributed by atoms with Crippen LogP contribution >= 0.6 is 0 Å². The lowest BCUT2D eigenvalue weighted by Crippen LogP contribution is -2.59. The van der Waals surface area contributed by atoms with E-state index < -0.39 is 53.4 Å². The SMILES string of the molecule is CC(=O)OC1CC(O)CCC2(C(C)O)C#CC3CCCC4(CNCCc5cccc(c5)C(Cc5cc(C)cc(C)c5)C5(CCCCC5)NC(N)=NC2)CC(CCN4)Oc2cc(c(C(O)O)cc2O)CC31. The number of phenols is 1. The van der Waals surface area contributed by atoms with Gasteiger partial charge in [-0.05, 0) is 132 Å². The molecule has 380 valence electrons. The average molecular weight is 962 g/mol. The van der Waals surface area contributed by atoms with Gasteiger partial charge in [-0.3, -0.25) is 9.79 Å². The number of aromatic hydroxyl groups is 1. The molecule has 0 aromatic heterocycles. The Balaban J connectivity index is 1.29. The highest BCUT2D eigenvalue weighted by atomic mass is 16.5. The number of nitrogens with one attached hydrogen (secondary N) is 3. The Morgan fingerprint density at radius 2 is 1.76 bits per heavy atom. The maximum Gasteiger partial charge on any atom is 0.302 e. The van der Waals surface area contributed by atoms with Crippen molar-refractivity contribution in [2.75, 3.05) is 26.2 Å². The number of phenolic OH excluding ortho intramolecular Hbond substituents is 1. The number of fused-ring (bicyclic) bond motifs is 8. The molecule has 1 saturated carbocycles. The second kappa shape index (κ2) is 22.4. The van der Waals surface area contributed by atoms with Gasteiger partial charge in [-0.25, -0.2) is 0 Å². The second-order valence-electron chi connectivity index (χ2n) is 21.8. The molecule has 8 bridgehead atoms. The maximum absolute atomic E-state index is 12.9. The van der Waals surface area contributed by atoms with E-state index in [4.69, 9.17) is 20.2 Å². The van der Waals surface area contributed by atoms with Gasteiger partial charge in [0.1, 0.15) is 12.2 Å². The Labute approximate surface area is 415 Å². The van der Waals surface area contributed by atoms with E-state index in [0.717, 1.165) is 64.3 Å². The fourth-order valence-electron chi connectivity index (χ4n) is 12.8. The maximum atomic E-state index is 12.9. The highest BCUT2D eigenvalue weighted by Gasteiger charge is 2.44. The van der Waals surface area contributed by atoms with E-state index in [0.29, 0.717) is 50.3 Å². The molecular weight excluding hydrogens is 883 g/mol. The number of benzene rings is 3. The predicted molar refractivity (Wildman–Crippen MR) is 272 cm³/mol. The van der Waals surface area contributed by atoms with Crippen molar-refractivity contribution in [1.82, 2.24) is 16.0 Å². The van der Waals surface area contributed by atoms with Gasteiger partial charge in [-0.1, -0.05) is 91.1 Å². The van der Waals surface area contributed by atoms with Gasteiger partial charge in [-0.15, -0.1) is 0 Å². The number of aliphatic imine (C=N–C) groups is 1. The Kier molecular flexibility index (Phi) is 16.5. The summed E-state index contributed by atoms with van der Waals surface area (Å²) in [4.78, 5) is 18.1. The van der Waals surface area contributed by atoms with Crippen molar-refractivity contribution in [3.05, 3.63) is 93.5 Å². The van der Waals surface area contributed by atoms with Crippen molar-refractivity contribution in [1.29, 1.82) is 0 Å². The summed E-state index contributed by atoms with van der Waals surface area (Å²) in [5.74, 6) is 6.19. The van der Waals surface area contributed by atoms with Crippen LogP contribution < -0.4 is 26.4 Å². The number of esters is 1. The predicted octanol–water partition coefficient (Wildman–Crippen LogP) is 6.45. The van der Waals surface area contributed by atoms with Crippen LogP contribution in [0.15, 0.2) is 59.6 Å². The number of nitrogens with zero attached hydrogens (tertiary/aromatic N) is 1. The van der Waals surface area contributed by atoms with Crippen LogP contribution in [0.1, 0.15) is 148 Å². The zero-order valence-corrected chi connectivity index (χ0v) is 41.9. The lowest BCUT2D eigenvalue weighted by atomic mass is 9.67. The second-order valence-corrected chi connectivity index (χ2v) is 21.8. The zero-order chi connectivity index (χ0) is 49.6. The molecule has 0 radical (unpaired) electrons. The number of piperidine rings is 1. The normalized spacial score (nSPS) is 30.2. The summed E-state index contributed by atoms with van der Waals surface area (Å²) in [5, 5.41) is 68.3. The van der Waals surface area contributed by atoms with Crippen molar-refractivity contribution in [2.45, 2.75) is 178 Å². The summed E-state index contributed by atoms with van der Waals surface area (Å²) in [6.07, 6.45) is 6.18. The Morgan fingerprint density at radius 1 is 0.971 bits per heavy atom.